The summed E-state index contributed by atoms with van der Waals surface area (Å²) in [6, 6.07) is 9.63. The Labute approximate surface area is 142 Å². The number of nitrogens with two attached hydrogens (primary N) is 1. The molecule has 0 radical (unpaired) electrons. The largest absolute Gasteiger partial charge is 0.416 e. The molecule has 5 nitrogen and oxygen atoms in total. The van der Waals surface area contributed by atoms with Crippen molar-refractivity contribution in [3.05, 3.63) is 65.2 Å². The summed E-state index contributed by atoms with van der Waals surface area (Å²) in [5.41, 5.74) is 4.17. The molecule has 25 heavy (non-hydrogen) atoms. The second kappa shape index (κ2) is 6.85. The zero-order chi connectivity index (χ0) is 18.8. The van der Waals surface area contributed by atoms with Crippen molar-refractivity contribution in [1.82, 2.24) is 4.31 Å². The van der Waals surface area contributed by atoms with Crippen molar-refractivity contribution in [2.75, 3.05) is 7.05 Å². The van der Waals surface area contributed by atoms with E-state index in [0.717, 1.165) is 10.4 Å². The van der Waals surface area contributed by atoms with Crippen LogP contribution in [-0.2, 0) is 22.7 Å². The molecule has 0 heterocycles. The van der Waals surface area contributed by atoms with Gasteiger partial charge in [0.25, 0.3) is 0 Å². The highest BCUT2D eigenvalue weighted by Gasteiger charge is 2.34. The van der Waals surface area contributed by atoms with Crippen LogP contribution in [0.2, 0.25) is 0 Å². The predicted octanol–water partition coefficient (Wildman–Crippen LogP) is 2.62. The number of hydrogen-bond donors (Lipinski definition) is 1. The van der Waals surface area contributed by atoms with Gasteiger partial charge in [0.2, 0.25) is 15.9 Å². The van der Waals surface area contributed by atoms with Gasteiger partial charge in [-0.2, -0.15) is 17.5 Å². The van der Waals surface area contributed by atoms with E-state index >= 15 is 0 Å². The van der Waals surface area contributed by atoms with Gasteiger partial charge in [0.1, 0.15) is 0 Å². The lowest BCUT2D eigenvalue weighted by atomic mass is 10.1. The second-order valence-corrected chi connectivity index (χ2v) is 7.35. The molecule has 0 aliphatic heterocycles. The molecule has 134 valence electrons. The molecule has 0 aromatic heterocycles. The van der Waals surface area contributed by atoms with E-state index in [1.807, 2.05) is 0 Å². The number of carbonyl (C=O) groups excluding carboxylic acids is 1. The molecule has 0 saturated heterocycles. The first kappa shape index (κ1) is 18.9. The van der Waals surface area contributed by atoms with Crippen LogP contribution in [0, 0.1) is 0 Å². The predicted molar refractivity (Wildman–Crippen MR) is 85.1 cm³/mol. The molecule has 2 aromatic rings. The minimum atomic E-state index is -4.58. The highest BCUT2D eigenvalue weighted by Crippen LogP contribution is 2.32. The minimum Gasteiger partial charge on any atom is -0.366 e. The average molecular weight is 372 g/mol. The number of hydrogen-bond acceptors (Lipinski definition) is 3. The van der Waals surface area contributed by atoms with E-state index in [-0.39, 0.29) is 16.0 Å². The Hall–Kier alpha value is -2.39. The number of nitrogens with zero attached hydrogens (tertiary/aromatic N) is 1. The summed E-state index contributed by atoms with van der Waals surface area (Å²) in [6.07, 6.45) is -4.58. The van der Waals surface area contributed by atoms with E-state index in [2.05, 4.69) is 0 Å². The van der Waals surface area contributed by atoms with Gasteiger partial charge in [0.15, 0.2) is 0 Å². The fraction of sp³-hybridized carbons (Fsp3) is 0.188. The van der Waals surface area contributed by atoms with E-state index in [1.54, 1.807) is 0 Å². The smallest absolute Gasteiger partial charge is 0.366 e. The van der Waals surface area contributed by atoms with Crippen LogP contribution in [0.15, 0.2) is 53.4 Å². The Morgan fingerprint density at radius 1 is 1.08 bits per heavy atom. The molecule has 1 amide bonds. The third-order valence-corrected chi connectivity index (χ3v) is 5.38. The van der Waals surface area contributed by atoms with E-state index in [0.29, 0.717) is 0 Å². The van der Waals surface area contributed by atoms with E-state index in [1.165, 1.54) is 49.5 Å². The van der Waals surface area contributed by atoms with Gasteiger partial charge >= 0.3 is 6.18 Å². The highest BCUT2D eigenvalue weighted by molar-refractivity contribution is 7.89. The summed E-state index contributed by atoms with van der Waals surface area (Å²) in [7, 11) is -2.84. The number of primary amides is 1. The average Bonchev–Trinajstić information content (AvgIpc) is 2.54. The summed E-state index contributed by atoms with van der Waals surface area (Å²) >= 11 is 0. The van der Waals surface area contributed by atoms with E-state index < -0.39 is 34.2 Å². The quantitative estimate of drug-likeness (QED) is 0.876. The second-order valence-electron chi connectivity index (χ2n) is 5.30. The molecule has 2 rings (SSSR count). The number of rotatable bonds is 5. The first-order chi connectivity index (χ1) is 11.5. The third-order valence-electron chi connectivity index (χ3n) is 3.56. The molecule has 0 saturated carbocycles. The van der Waals surface area contributed by atoms with E-state index in [9.17, 15) is 26.4 Å². The van der Waals surface area contributed by atoms with Crippen molar-refractivity contribution in [3.63, 3.8) is 0 Å². The van der Waals surface area contributed by atoms with Gasteiger partial charge in [0, 0.05) is 19.2 Å². The number of carbonyl (C=O) groups is 1. The molecule has 0 aliphatic rings. The number of halogens is 3. The Balaban J connectivity index is 2.31. The van der Waals surface area contributed by atoms with Crippen molar-refractivity contribution in [2.45, 2.75) is 17.6 Å². The lowest BCUT2D eigenvalue weighted by Gasteiger charge is -2.20. The Kier molecular flexibility index (Phi) is 5.19. The Bertz CT molecular complexity index is 878. The molecule has 0 unspecified atom stereocenters. The van der Waals surface area contributed by atoms with Gasteiger partial charge in [-0.1, -0.05) is 18.2 Å². The number of alkyl halides is 3. The first-order valence-corrected chi connectivity index (χ1v) is 8.49. The molecule has 2 aromatic carbocycles. The number of benzene rings is 2. The van der Waals surface area contributed by atoms with Gasteiger partial charge in [-0.3, -0.25) is 4.79 Å². The molecule has 0 spiro atoms. The Morgan fingerprint density at radius 3 is 2.16 bits per heavy atom. The zero-order valence-corrected chi connectivity index (χ0v) is 13.9. The standard InChI is InChI=1S/C16H15F3N2O3S/c1-21(10-12-4-2-3-5-14(12)16(17,18)19)25(23,24)13-8-6-11(7-9-13)15(20)22/h2-9H,10H2,1H3,(H2,20,22). The molecule has 9 heteroatoms. The first-order valence-electron chi connectivity index (χ1n) is 7.05. The van der Waals surface area contributed by atoms with Gasteiger partial charge in [0.05, 0.1) is 10.5 Å². The lowest BCUT2D eigenvalue weighted by Crippen LogP contribution is -2.27. The van der Waals surface area contributed by atoms with Crippen LogP contribution >= 0.6 is 0 Å². The molecule has 0 bridgehead atoms. The maximum atomic E-state index is 13.0. The summed E-state index contributed by atoms with van der Waals surface area (Å²) in [6.45, 7) is -0.449. The normalized spacial score (nSPS) is 12.4. The van der Waals surface area contributed by atoms with Crippen LogP contribution in [-0.4, -0.2) is 25.7 Å². The fourth-order valence-corrected chi connectivity index (χ4v) is 3.38. The fourth-order valence-electron chi connectivity index (χ4n) is 2.23. The summed E-state index contributed by atoms with van der Waals surface area (Å²) in [5, 5.41) is 0. The molecule has 0 atom stereocenters. The third kappa shape index (κ3) is 4.18. The van der Waals surface area contributed by atoms with Gasteiger partial charge in [-0.15, -0.1) is 0 Å². The molecule has 0 fully saturated rings. The van der Waals surface area contributed by atoms with Crippen molar-refractivity contribution < 1.29 is 26.4 Å². The number of amides is 1. The van der Waals surface area contributed by atoms with Crippen molar-refractivity contribution in [1.29, 1.82) is 0 Å². The van der Waals surface area contributed by atoms with Crippen molar-refractivity contribution >= 4 is 15.9 Å². The summed E-state index contributed by atoms with van der Waals surface area (Å²) in [4.78, 5) is 10.9. The highest BCUT2D eigenvalue weighted by atomic mass is 32.2. The monoisotopic (exact) mass is 372 g/mol. The van der Waals surface area contributed by atoms with Crippen molar-refractivity contribution in [3.8, 4) is 0 Å². The van der Waals surface area contributed by atoms with E-state index in [4.69, 9.17) is 5.73 Å². The van der Waals surface area contributed by atoms with Crippen LogP contribution in [0.25, 0.3) is 0 Å². The molecular formula is C16H15F3N2O3S. The van der Waals surface area contributed by atoms with Gasteiger partial charge in [-0.25, -0.2) is 8.42 Å². The summed E-state index contributed by atoms with van der Waals surface area (Å²) in [5.74, 6) is -0.712. The summed E-state index contributed by atoms with van der Waals surface area (Å²) < 4.78 is 64.9. The maximum Gasteiger partial charge on any atom is 0.416 e. The molecule has 0 aliphatic carbocycles. The topological polar surface area (TPSA) is 80.5 Å². The van der Waals surface area contributed by atoms with Crippen LogP contribution in [0.5, 0.6) is 0 Å². The minimum absolute atomic E-state index is 0.129. The zero-order valence-electron chi connectivity index (χ0n) is 13.1. The van der Waals surface area contributed by atoms with Crippen LogP contribution in [0.3, 0.4) is 0 Å². The molecular weight excluding hydrogens is 357 g/mol. The maximum absolute atomic E-state index is 13.0. The number of sulfonamides is 1. The molecule has 2 N–H and O–H groups in total. The Morgan fingerprint density at radius 2 is 1.64 bits per heavy atom. The lowest BCUT2D eigenvalue weighted by molar-refractivity contribution is -0.138. The van der Waals surface area contributed by atoms with Crippen LogP contribution in [0.4, 0.5) is 13.2 Å². The van der Waals surface area contributed by atoms with Crippen LogP contribution < -0.4 is 5.73 Å². The van der Waals surface area contributed by atoms with Gasteiger partial charge in [-0.05, 0) is 35.9 Å². The van der Waals surface area contributed by atoms with Crippen molar-refractivity contribution in [2.24, 2.45) is 5.73 Å². The van der Waals surface area contributed by atoms with Crippen LogP contribution in [0.1, 0.15) is 21.5 Å². The SMILES string of the molecule is CN(Cc1ccccc1C(F)(F)F)S(=O)(=O)c1ccc(C(N)=O)cc1. The van der Waals surface area contributed by atoms with Gasteiger partial charge < -0.3 is 5.73 Å².